The topological polar surface area (TPSA) is 206 Å². The van der Waals surface area contributed by atoms with E-state index in [1.54, 1.807) is 0 Å². The number of aromatic nitrogens is 2. The second-order valence-corrected chi connectivity index (χ2v) is 6.93. The third-order valence-corrected chi connectivity index (χ3v) is 4.72. The molecule has 1 aromatic rings. The summed E-state index contributed by atoms with van der Waals surface area (Å²) in [6, 6.07) is -2.65. The summed E-state index contributed by atoms with van der Waals surface area (Å²) in [5, 5.41) is 11.9. The van der Waals surface area contributed by atoms with Gasteiger partial charge in [0.2, 0.25) is 11.8 Å². The highest BCUT2D eigenvalue weighted by Gasteiger charge is 2.37. The first-order valence-electron chi connectivity index (χ1n) is 9.41. The highest BCUT2D eigenvalue weighted by molar-refractivity contribution is 5.92. The smallest absolute Gasteiger partial charge is 0.326 e. The predicted octanol–water partition coefficient (Wildman–Crippen LogP) is -2.11. The summed E-state index contributed by atoms with van der Waals surface area (Å²) in [4.78, 5) is 48.8. The van der Waals surface area contributed by atoms with E-state index in [1.165, 1.54) is 17.4 Å². The zero-order chi connectivity index (χ0) is 21.4. The zero-order valence-corrected chi connectivity index (χ0v) is 16.1. The van der Waals surface area contributed by atoms with E-state index >= 15 is 0 Å². The van der Waals surface area contributed by atoms with Crippen LogP contribution in [0.1, 0.15) is 31.4 Å². The Labute approximate surface area is 167 Å². The monoisotopic (exact) mass is 408 g/mol. The number of imidazole rings is 1. The largest absolute Gasteiger partial charge is 0.480 e. The van der Waals surface area contributed by atoms with Gasteiger partial charge in [-0.25, -0.2) is 9.78 Å². The first kappa shape index (κ1) is 22.1. The van der Waals surface area contributed by atoms with E-state index in [2.05, 4.69) is 20.3 Å². The number of aliphatic imine (C=N–C) groups is 1. The Bertz CT molecular complexity index is 732. The first-order chi connectivity index (χ1) is 13.8. The Hall–Kier alpha value is -3.15. The lowest BCUT2D eigenvalue weighted by Crippen LogP contribution is -2.54. The number of likely N-dealkylation sites (tertiary alicyclic amines) is 1. The minimum Gasteiger partial charge on any atom is -0.480 e. The van der Waals surface area contributed by atoms with Crippen LogP contribution in [0.15, 0.2) is 17.5 Å². The molecule has 1 aromatic heterocycles. The maximum absolute atomic E-state index is 12.7. The standard InChI is InChI=1S/C17H28N8O4/c18-11(3-1-5-22-17(19)20)15(27)25-6-2-4-13(25)14(26)24-12(16(28)29)7-10-8-21-9-23-10/h8-9,11-13H,1-7,18H2,(H,21,23)(H,24,26)(H,28,29)(H4,19,20,22). The van der Waals surface area contributed by atoms with Gasteiger partial charge in [0.05, 0.1) is 12.4 Å². The van der Waals surface area contributed by atoms with E-state index in [-0.39, 0.29) is 18.3 Å². The summed E-state index contributed by atoms with van der Waals surface area (Å²) >= 11 is 0. The molecule has 9 N–H and O–H groups in total. The SMILES string of the molecule is NC(N)=NCCCC(N)C(=O)N1CCCC1C(=O)NC(Cc1cnc[nH]1)C(=O)O. The molecule has 0 aliphatic carbocycles. The van der Waals surface area contributed by atoms with Crippen LogP contribution in [-0.4, -0.2) is 74.9 Å². The summed E-state index contributed by atoms with van der Waals surface area (Å²) in [7, 11) is 0. The fourth-order valence-electron chi connectivity index (χ4n) is 3.24. The molecule has 160 valence electrons. The maximum Gasteiger partial charge on any atom is 0.326 e. The van der Waals surface area contributed by atoms with Gasteiger partial charge in [0.1, 0.15) is 12.1 Å². The van der Waals surface area contributed by atoms with Gasteiger partial charge in [-0.2, -0.15) is 0 Å². The van der Waals surface area contributed by atoms with Crippen LogP contribution in [0.4, 0.5) is 0 Å². The average molecular weight is 408 g/mol. The predicted molar refractivity (Wildman–Crippen MR) is 104 cm³/mol. The average Bonchev–Trinajstić information content (AvgIpc) is 3.35. The van der Waals surface area contributed by atoms with Crippen LogP contribution in [0.25, 0.3) is 0 Å². The number of hydrogen-bond donors (Lipinski definition) is 6. The lowest BCUT2D eigenvalue weighted by Gasteiger charge is -2.27. The third kappa shape index (κ3) is 6.45. The van der Waals surface area contributed by atoms with Crippen molar-refractivity contribution in [1.82, 2.24) is 20.2 Å². The number of nitrogens with one attached hydrogen (secondary N) is 2. The number of nitrogens with two attached hydrogens (primary N) is 3. The van der Waals surface area contributed by atoms with Crippen LogP contribution < -0.4 is 22.5 Å². The first-order valence-corrected chi connectivity index (χ1v) is 9.41. The normalized spacial score (nSPS) is 18.1. The molecule has 12 heteroatoms. The van der Waals surface area contributed by atoms with Crippen molar-refractivity contribution in [3.63, 3.8) is 0 Å². The number of aliphatic carboxylic acids is 1. The minimum absolute atomic E-state index is 0.0238. The van der Waals surface area contributed by atoms with Crippen LogP contribution in [0, 0.1) is 0 Å². The molecule has 3 atom stereocenters. The van der Waals surface area contributed by atoms with Gasteiger partial charge in [0.25, 0.3) is 0 Å². The van der Waals surface area contributed by atoms with Crippen LogP contribution in [0.5, 0.6) is 0 Å². The van der Waals surface area contributed by atoms with Crippen molar-refractivity contribution in [1.29, 1.82) is 0 Å². The van der Waals surface area contributed by atoms with Gasteiger partial charge in [-0.15, -0.1) is 0 Å². The number of H-pyrrole nitrogens is 1. The van der Waals surface area contributed by atoms with Crippen molar-refractivity contribution in [3.05, 3.63) is 18.2 Å². The van der Waals surface area contributed by atoms with Gasteiger partial charge in [-0.05, 0) is 25.7 Å². The Kier molecular flexibility index (Phi) is 7.95. The second-order valence-electron chi connectivity index (χ2n) is 6.93. The van der Waals surface area contributed by atoms with Crippen LogP contribution in [-0.2, 0) is 20.8 Å². The van der Waals surface area contributed by atoms with Crippen molar-refractivity contribution in [2.45, 2.75) is 50.2 Å². The summed E-state index contributed by atoms with van der Waals surface area (Å²) < 4.78 is 0. The number of amides is 2. The molecule has 0 radical (unpaired) electrons. The molecule has 0 spiro atoms. The molecular formula is C17H28N8O4. The molecule has 0 bridgehead atoms. The Morgan fingerprint density at radius 3 is 2.79 bits per heavy atom. The summed E-state index contributed by atoms with van der Waals surface area (Å²) in [6.45, 7) is 0.762. The summed E-state index contributed by atoms with van der Waals surface area (Å²) in [5.41, 5.74) is 17.1. The van der Waals surface area contributed by atoms with E-state index in [1.807, 2.05) is 0 Å². The maximum atomic E-state index is 12.7. The van der Waals surface area contributed by atoms with Gasteiger partial charge >= 0.3 is 5.97 Å². The number of guanidine groups is 1. The number of carbonyl (C=O) groups excluding carboxylic acids is 2. The number of nitrogens with zero attached hydrogens (tertiary/aromatic N) is 3. The zero-order valence-electron chi connectivity index (χ0n) is 16.1. The fraction of sp³-hybridized carbons (Fsp3) is 0.588. The number of rotatable bonds is 10. The fourth-order valence-corrected chi connectivity index (χ4v) is 3.24. The van der Waals surface area contributed by atoms with E-state index in [0.29, 0.717) is 44.5 Å². The van der Waals surface area contributed by atoms with E-state index in [9.17, 15) is 19.5 Å². The summed E-state index contributed by atoms with van der Waals surface area (Å²) in [5.74, 6) is -2.03. The molecule has 2 heterocycles. The van der Waals surface area contributed by atoms with Gasteiger partial charge < -0.3 is 37.5 Å². The Morgan fingerprint density at radius 2 is 2.17 bits per heavy atom. The third-order valence-electron chi connectivity index (χ3n) is 4.72. The molecule has 2 amide bonds. The molecule has 1 aliphatic heterocycles. The van der Waals surface area contributed by atoms with Crippen molar-refractivity contribution < 1.29 is 19.5 Å². The van der Waals surface area contributed by atoms with Gasteiger partial charge in [0, 0.05) is 31.4 Å². The van der Waals surface area contributed by atoms with Gasteiger partial charge in [-0.3, -0.25) is 14.6 Å². The highest BCUT2D eigenvalue weighted by atomic mass is 16.4. The number of aromatic amines is 1. The molecule has 1 fully saturated rings. The second kappa shape index (κ2) is 10.4. The van der Waals surface area contributed by atoms with Gasteiger partial charge in [-0.1, -0.05) is 0 Å². The number of carbonyl (C=O) groups is 3. The van der Waals surface area contributed by atoms with Crippen LogP contribution >= 0.6 is 0 Å². The number of carboxylic acid groups (broad SMARTS) is 1. The van der Waals surface area contributed by atoms with Crippen molar-refractivity contribution in [3.8, 4) is 0 Å². The van der Waals surface area contributed by atoms with E-state index in [4.69, 9.17) is 17.2 Å². The van der Waals surface area contributed by atoms with Crippen molar-refractivity contribution in [2.75, 3.05) is 13.1 Å². The Morgan fingerprint density at radius 1 is 1.41 bits per heavy atom. The molecule has 0 aromatic carbocycles. The molecule has 0 saturated carbocycles. The molecular weight excluding hydrogens is 380 g/mol. The lowest BCUT2D eigenvalue weighted by molar-refractivity contribution is -0.144. The number of carboxylic acids is 1. The van der Waals surface area contributed by atoms with Gasteiger partial charge in [0.15, 0.2) is 5.96 Å². The van der Waals surface area contributed by atoms with Crippen molar-refractivity contribution >= 4 is 23.7 Å². The highest BCUT2D eigenvalue weighted by Crippen LogP contribution is 2.19. The van der Waals surface area contributed by atoms with Crippen LogP contribution in [0.2, 0.25) is 0 Å². The molecule has 2 rings (SSSR count). The summed E-state index contributed by atoms with van der Waals surface area (Å²) in [6.07, 6.45) is 4.99. The lowest BCUT2D eigenvalue weighted by atomic mass is 10.1. The van der Waals surface area contributed by atoms with E-state index < -0.39 is 30.0 Å². The molecule has 1 saturated heterocycles. The van der Waals surface area contributed by atoms with E-state index in [0.717, 1.165) is 0 Å². The molecule has 3 unspecified atom stereocenters. The quantitative estimate of drug-likeness (QED) is 0.143. The minimum atomic E-state index is -1.17. The Balaban J connectivity index is 1.93. The van der Waals surface area contributed by atoms with Crippen molar-refractivity contribution in [2.24, 2.45) is 22.2 Å². The molecule has 29 heavy (non-hydrogen) atoms. The molecule has 1 aliphatic rings. The van der Waals surface area contributed by atoms with Crippen LogP contribution in [0.3, 0.4) is 0 Å². The number of hydrogen-bond acceptors (Lipinski definition) is 6. The molecule has 12 nitrogen and oxygen atoms in total.